The molecule has 140 valence electrons. The Morgan fingerprint density at radius 2 is 1.81 bits per heavy atom. The Morgan fingerprint density at radius 3 is 2.35 bits per heavy atom. The summed E-state index contributed by atoms with van der Waals surface area (Å²) < 4.78 is 0. The van der Waals surface area contributed by atoms with E-state index in [-0.39, 0.29) is 23.1 Å². The molecule has 1 unspecified atom stereocenters. The molecule has 7 heteroatoms. The van der Waals surface area contributed by atoms with E-state index in [1.165, 1.54) is 11.3 Å². The third-order valence-electron chi connectivity index (χ3n) is 6.78. The molecule has 26 heavy (non-hydrogen) atoms. The number of piperidine rings is 1. The van der Waals surface area contributed by atoms with E-state index in [1.54, 1.807) is 6.92 Å². The maximum absolute atomic E-state index is 13.1. The molecule has 4 heterocycles. The molecular weight excluding hydrogens is 350 g/mol. The van der Waals surface area contributed by atoms with Crippen LogP contribution in [0.1, 0.15) is 35.9 Å². The summed E-state index contributed by atoms with van der Waals surface area (Å²) in [6.45, 7) is 4.82. The Labute approximate surface area is 157 Å². The van der Waals surface area contributed by atoms with Gasteiger partial charge in [0.2, 0.25) is 11.8 Å². The second-order valence-corrected chi connectivity index (χ2v) is 8.93. The van der Waals surface area contributed by atoms with Crippen molar-refractivity contribution in [1.29, 1.82) is 0 Å². The molecule has 2 spiro atoms. The van der Waals surface area contributed by atoms with Gasteiger partial charge in [-0.3, -0.25) is 14.4 Å². The molecule has 3 fully saturated rings. The van der Waals surface area contributed by atoms with E-state index in [0.717, 1.165) is 30.7 Å². The van der Waals surface area contributed by atoms with Crippen molar-refractivity contribution in [3.05, 3.63) is 22.4 Å². The van der Waals surface area contributed by atoms with Gasteiger partial charge in [-0.05, 0) is 30.7 Å². The predicted molar refractivity (Wildman–Crippen MR) is 98.8 cm³/mol. The van der Waals surface area contributed by atoms with Gasteiger partial charge >= 0.3 is 0 Å². The molecular formula is C19H25N3O3S. The second kappa shape index (κ2) is 6.08. The van der Waals surface area contributed by atoms with Crippen LogP contribution in [0.25, 0.3) is 0 Å². The van der Waals surface area contributed by atoms with Crippen LogP contribution in [0.4, 0.5) is 0 Å². The normalized spacial score (nSPS) is 27.8. The maximum Gasteiger partial charge on any atom is 0.263 e. The lowest BCUT2D eigenvalue weighted by molar-refractivity contribution is -0.141. The molecule has 3 saturated heterocycles. The molecule has 1 atom stereocenters. The van der Waals surface area contributed by atoms with Crippen LogP contribution < -0.4 is 0 Å². The fourth-order valence-electron chi connectivity index (χ4n) is 5.19. The maximum atomic E-state index is 13.1. The van der Waals surface area contributed by atoms with E-state index in [1.807, 2.05) is 39.3 Å². The predicted octanol–water partition coefficient (Wildman–Crippen LogP) is 1.68. The SMILES string of the molecule is CC(=O)N1CC2(CCN(C(=O)c3cccs3)CC2)C2(CCN(C)C2=O)C1. The number of hydrogen-bond donors (Lipinski definition) is 0. The van der Waals surface area contributed by atoms with Gasteiger partial charge in [-0.15, -0.1) is 11.3 Å². The second-order valence-electron chi connectivity index (χ2n) is 7.98. The van der Waals surface area contributed by atoms with Gasteiger partial charge in [0.25, 0.3) is 5.91 Å². The Balaban J connectivity index is 1.58. The molecule has 3 amide bonds. The summed E-state index contributed by atoms with van der Waals surface area (Å²) in [6.07, 6.45) is 2.38. The van der Waals surface area contributed by atoms with Gasteiger partial charge in [-0.2, -0.15) is 0 Å². The van der Waals surface area contributed by atoms with Crippen molar-refractivity contribution in [2.24, 2.45) is 10.8 Å². The molecule has 0 aromatic carbocycles. The number of nitrogens with zero attached hydrogens (tertiary/aromatic N) is 3. The Kier molecular flexibility index (Phi) is 4.10. The molecule has 3 aliphatic heterocycles. The first-order chi connectivity index (χ1) is 12.4. The van der Waals surface area contributed by atoms with Crippen molar-refractivity contribution in [1.82, 2.24) is 14.7 Å². The van der Waals surface area contributed by atoms with Crippen LogP contribution in [0.2, 0.25) is 0 Å². The smallest absolute Gasteiger partial charge is 0.263 e. The lowest BCUT2D eigenvalue weighted by Crippen LogP contribution is -2.53. The average molecular weight is 375 g/mol. The number of likely N-dealkylation sites (tertiary alicyclic amines) is 3. The minimum absolute atomic E-state index is 0.0423. The molecule has 0 bridgehead atoms. The van der Waals surface area contributed by atoms with Crippen LogP contribution in [0, 0.1) is 10.8 Å². The van der Waals surface area contributed by atoms with Crippen LogP contribution in [-0.4, -0.2) is 72.2 Å². The van der Waals surface area contributed by atoms with E-state index >= 15 is 0 Å². The lowest BCUT2D eigenvalue weighted by atomic mass is 9.60. The highest BCUT2D eigenvalue weighted by molar-refractivity contribution is 7.12. The highest BCUT2D eigenvalue weighted by atomic mass is 32.1. The molecule has 0 N–H and O–H groups in total. The van der Waals surface area contributed by atoms with E-state index in [2.05, 4.69) is 0 Å². The van der Waals surface area contributed by atoms with Gasteiger partial charge in [0.05, 0.1) is 10.3 Å². The Hall–Kier alpha value is -1.89. The van der Waals surface area contributed by atoms with E-state index < -0.39 is 5.41 Å². The number of rotatable bonds is 1. The summed E-state index contributed by atoms with van der Waals surface area (Å²) in [5, 5.41) is 1.92. The van der Waals surface area contributed by atoms with Crippen LogP contribution in [-0.2, 0) is 9.59 Å². The van der Waals surface area contributed by atoms with Crippen LogP contribution >= 0.6 is 11.3 Å². The molecule has 1 aromatic heterocycles. The topological polar surface area (TPSA) is 60.9 Å². The fraction of sp³-hybridized carbons (Fsp3) is 0.632. The zero-order valence-corrected chi connectivity index (χ0v) is 16.2. The van der Waals surface area contributed by atoms with E-state index in [9.17, 15) is 14.4 Å². The van der Waals surface area contributed by atoms with Gasteiger partial charge in [-0.25, -0.2) is 0 Å². The molecule has 1 aromatic rings. The van der Waals surface area contributed by atoms with Gasteiger partial charge in [0.15, 0.2) is 0 Å². The minimum Gasteiger partial charge on any atom is -0.345 e. The average Bonchev–Trinajstić information content (AvgIpc) is 3.33. The molecule has 4 rings (SSSR count). The summed E-state index contributed by atoms with van der Waals surface area (Å²) in [6, 6.07) is 3.76. The zero-order valence-electron chi connectivity index (χ0n) is 15.4. The molecule has 0 saturated carbocycles. The lowest BCUT2D eigenvalue weighted by Gasteiger charge is -2.46. The number of carbonyl (C=O) groups excluding carboxylic acids is 3. The number of thiophene rings is 1. The minimum atomic E-state index is -0.467. The van der Waals surface area contributed by atoms with Crippen molar-refractivity contribution < 1.29 is 14.4 Å². The van der Waals surface area contributed by atoms with Gasteiger partial charge in [0, 0.05) is 52.1 Å². The number of amides is 3. The molecule has 0 radical (unpaired) electrons. The highest BCUT2D eigenvalue weighted by Gasteiger charge is 2.65. The van der Waals surface area contributed by atoms with Crippen molar-refractivity contribution >= 4 is 29.1 Å². The van der Waals surface area contributed by atoms with Crippen LogP contribution in [0.15, 0.2) is 17.5 Å². The van der Waals surface area contributed by atoms with Crippen molar-refractivity contribution in [2.45, 2.75) is 26.2 Å². The highest BCUT2D eigenvalue weighted by Crippen LogP contribution is 2.57. The standard InChI is InChI=1S/C19H25N3O3S/c1-14(23)22-12-18(19(13-22)7-8-20(2)17(19)25)5-9-21(10-6-18)16(24)15-4-3-11-26-15/h3-4,11H,5-10,12-13H2,1-2H3. The monoisotopic (exact) mass is 375 g/mol. The number of fused-ring (bicyclic) bond motifs is 1. The van der Waals surface area contributed by atoms with Crippen LogP contribution in [0.3, 0.4) is 0 Å². The quantitative estimate of drug-likeness (QED) is 0.750. The summed E-state index contributed by atoms with van der Waals surface area (Å²) in [7, 11) is 1.86. The molecule has 6 nitrogen and oxygen atoms in total. The van der Waals surface area contributed by atoms with E-state index in [4.69, 9.17) is 0 Å². The summed E-state index contributed by atoms with van der Waals surface area (Å²) in [5.74, 6) is 0.306. The summed E-state index contributed by atoms with van der Waals surface area (Å²) >= 11 is 1.47. The largest absolute Gasteiger partial charge is 0.345 e. The summed E-state index contributed by atoms with van der Waals surface area (Å²) in [4.78, 5) is 44.2. The van der Waals surface area contributed by atoms with E-state index in [0.29, 0.717) is 26.2 Å². The van der Waals surface area contributed by atoms with Gasteiger partial charge < -0.3 is 14.7 Å². The third kappa shape index (κ3) is 2.40. The van der Waals surface area contributed by atoms with Crippen molar-refractivity contribution in [2.75, 3.05) is 39.8 Å². The molecule has 3 aliphatic rings. The van der Waals surface area contributed by atoms with Crippen molar-refractivity contribution in [3.8, 4) is 0 Å². The van der Waals surface area contributed by atoms with Gasteiger partial charge in [0.1, 0.15) is 0 Å². The number of hydrogen-bond acceptors (Lipinski definition) is 4. The summed E-state index contributed by atoms with van der Waals surface area (Å²) in [5.41, 5.74) is -0.668. The Bertz CT molecular complexity index is 739. The first-order valence-corrected chi connectivity index (χ1v) is 10.1. The van der Waals surface area contributed by atoms with Gasteiger partial charge in [-0.1, -0.05) is 6.07 Å². The number of carbonyl (C=O) groups is 3. The zero-order chi connectivity index (χ0) is 18.5. The third-order valence-corrected chi connectivity index (χ3v) is 7.64. The molecule has 0 aliphatic carbocycles. The van der Waals surface area contributed by atoms with Crippen molar-refractivity contribution in [3.63, 3.8) is 0 Å². The fourth-order valence-corrected chi connectivity index (χ4v) is 5.88. The van der Waals surface area contributed by atoms with Crippen LogP contribution in [0.5, 0.6) is 0 Å². The Morgan fingerprint density at radius 1 is 1.08 bits per heavy atom. The first kappa shape index (κ1) is 17.5. The first-order valence-electron chi connectivity index (χ1n) is 9.22.